The second-order valence-corrected chi connectivity index (χ2v) is 2.57. The number of nitrogens with one attached hydrogen (secondary N) is 1. The summed E-state index contributed by atoms with van der Waals surface area (Å²) in [6.45, 7) is 1.02. The highest BCUT2D eigenvalue weighted by atomic mass is 16.4. The van der Waals surface area contributed by atoms with Crippen LogP contribution in [0.2, 0.25) is 0 Å². The molecule has 4 nitrogen and oxygen atoms in total. The van der Waals surface area contributed by atoms with Gasteiger partial charge < -0.3 is 10.4 Å². The summed E-state index contributed by atoms with van der Waals surface area (Å²) in [5, 5.41) is 19.8. The van der Waals surface area contributed by atoms with Crippen LogP contribution in [-0.4, -0.2) is 24.2 Å². The van der Waals surface area contributed by atoms with Gasteiger partial charge in [0, 0.05) is 13.1 Å². The van der Waals surface area contributed by atoms with E-state index in [4.69, 9.17) is 10.4 Å². The molecule has 1 aliphatic rings. The monoisotopic (exact) mass is 140 g/mol. The molecule has 1 aliphatic heterocycles. The molecule has 0 aromatic carbocycles. The molecule has 0 aromatic heterocycles. The van der Waals surface area contributed by atoms with Gasteiger partial charge in [-0.3, -0.25) is 4.79 Å². The van der Waals surface area contributed by atoms with Crippen molar-refractivity contribution in [3.05, 3.63) is 0 Å². The predicted molar refractivity (Wildman–Crippen MR) is 33.2 cm³/mol. The smallest absolute Gasteiger partial charge is 0.305 e. The number of nitrogens with zero attached hydrogens (tertiary/aromatic N) is 1. The van der Waals surface area contributed by atoms with E-state index in [0.717, 1.165) is 0 Å². The summed E-state index contributed by atoms with van der Waals surface area (Å²) in [4.78, 5) is 10.2. The molecular weight excluding hydrogens is 132 g/mol. The zero-order valence-electron chi connectivity index (χ0n) is 5.42. The molecule has 0 aromatic rings. The van der Waals surface area contributed by atoms with E-state index >= 15 is 0 Å². The molecule has 54 valence electrons. The van der Waals surface area contributed by atoms with Gasteiger partial charge in [0.05, 0.1) is 17.9 Å². The third-order valence-corrected chi connectivity index (χ3v) is 1.65. The molecule has 0 atom stereocenters. The Morgan fingerprint density at radius 1 is 1.80 bits per heavy atom. The average Bonchev–Trinajstić information content (AvgIpc) is 1.78. The van der Waals surface area contributed by atoms with Crippen LogP contribution in [0.4, 0.5) is 0 Å². The summed E-state index contributed by atoms with van der Waals surface area (Å²) in [5.74, 6) is -0.900. The van der Waals surface area contributed by atoms with Crippen molar-refractivity contribution in [1.29, 1.82) is 5.26 Å². The van der Waals surface area contributed by atoms with E-state index in [-0.39, 0.29) is 6.42 Å². The number of carboxylic acid groups (broad SMARTS) is 1. The highest BCUT2D eigenvalue weighted by Crippen LogP contribution is 2.25. The maximum Gasteiger partial charge on any atom is 0.305 e. The lowest BCUT2D eigenvalue weighted by Gasteiger charge is -2.34. The van der Waals surface area contributed by atoms with Crippen molar-refractivity contribution < 1.29 is 9.90 Å². The molecule has 0 radical (unpaired) electrons. The Morgan fingerprint density at radius 2 is 2.40 bits per heavy atom. The number of hydrogen-bond donors (Lipinski definition) is 2. The predicted octanol–water partition coefficient (Wildman–Crippen LogP) is -0.426. The van der Waals surface area contributed by atoms with Crippen LogP contribution in [0.15, 0.2) is 0 Å². The normalized spacial score (nSPS) is 20.7. The summed E-state index contributed by atoms with van der Waals surface area (Å²) in [7, 11) is 0. The van der Waals surface area contributed by atoms with Gasteiger partial charge in [-0.2, -0.15) is 5.26 Å². The van der Waals surface area contributed by atoms with E-state index in [2.05, 4.69) is 5.32 Å². The topological polar surface area (TPSA) is 73.1 Å². The lowest BCUT2D eigenvalue weighted by Crippen LogP contribution is -2.53. The Hall–Kier alpha value is -1.08. The first-order valence-electron chi connectivity index (χ1n) is 3.02. The van der Waals surface area contributed by atoms with E-state index in [0.29, 0.717) is 13.1 Å². The van der Waals surface area contributed by atoms with Crippen LogP contribution in [-0.2, 0) is 4.79 Å². The fourth-order valence-corrected chi connectivity index (χ4v) is 0.960. The lowest BCUT2D eigenvalue weighted by atomic mass is 9.80. The Labute approximate surface area is 58.5 Å². The van der Waals surface area contributed by atoms with Crippen LogP contribution in [0.25, 0.3) is 0 Å². The van der Waals surface area contributed by atoms with Crippen molar-refractivity contribution in [2.75, 3.05) is 13.1 Å². The van der Waals surface area contributed by atoms with Crippen molar-refractivity contribution in [3.63, 3.8) is 0 Å². The first-order valence-corrected chi connectivity index (χ1v) is 3.02. The van der Waals surface area contributed by atoms with Crippen LogP contribution in [0.5, 0.6) is 0 Å². The van der Waals surface area contributed by atoms with Gasteiger partial charge in [0.15, 0.2) is 0 Å². The molecule has 2 N–H and O–H groups in total. The Bertz CT molecular complexity index is 190. The molecule has 1 saturated heterocycles. The molecule has 0 aliphatic carbocycles. The molecule has 0 bridgehead atoms. The van der Waals surface area contributed by atoms with Crippen LogP contribution in [0.3, 0.4) is 0 Å². The van der Waals surface area contributed by atoms with Crippen LogP contribution >= 0.6 is 0 Å². The van der Waals surface area contributed by atoms with E-state index < -0.39 is 11.4 Å². The van der Waals surface area contributed by atoms with Crippen molar-refractivity contribution in [1.82, 2.24) is 5.32 Å². The fraction of sp³-hybridized carbons (Fsp3) is 0.667. The zero-order valence-corrected chi connectivity index (χ0v) is 5.42. The number of carbonyl (C=O) groups is 1. The molecule has 1 rings (SSSR count). The lowest BCUT2D eigenvalue weighted by molar-refractivity contribution is -0.139. The molecule has 10 heavy (non-hydrogen) atoms. The standard InChI is InChI=1S/C6H8N2O2/c7-2-6(1-5(9)10)3-8-4-6/h8H,1,3-4H2,(H,9,10). The highest BCUT2D eigenvalue weighted by molar-refractivity contribution is 5.68. The third kappa shape index (κ3) is 1.09. The van der Waals surface area contributed by atoms with Gasteiger partial charge in [-0.25, -0.2) is 0 Å². The summed E-state index contributed by atoms with van der Waals surface area (Å²) in [6, 6.07) is 2.00. The molecule has 1 heterocycles. The van der Waals surface area contributed by atoms with Gasteiger partial charge in [0.25, 0.3) is 0 Å². The van der Waals surface area contributed by atoms with Gasteiger partial charge >= 0.3 is 5.97 Å². The van der Waals surface area contributed by atoms with Crippen molar-refractivity contribution in [3.8, 4) is 6.07 Å². The second-order valence-electron chi connectivity index (χ2n) is 2.57. The van der Waals surface area contributed by atoms with Crippen molar-refractivity contribution >= 4 is 5.97 Å². The van der Waals surface area contributed by atoms with E-state index in [1.807, 2.05) is 6.07 Å². The van der Waals surface area contributed by atoms with Gasteiger partial charge in [0.2, 0.25) is 0 Å². The van der Waals surface area contributed by atoms with E-state index in [1.54, 1.807) is 0 Å². The van der Waals surface area contributed by atoms with Crippen LogP contribution in [0.1, 0.15) is 6.42 Å². The number of rotatable bonds is 2. The average molecular weight is 140 g/mol. The molecule has 0 saturated carbocycles. The number of carboxylic acids is 1. The maximum atomic E-state index is 10.2. The summed E-state index contributed by atoms with van der Waals surface area (Å²) in [5.41, 5.74) is -0.619. The van der Waals surface area contributed by atoms with E-state index in [1.165, 1.54) is 0 Å². The minimum Gasteiger partial charge on any atom is -0.481 e. The van der Waals surface area contributed by atoms with Crippen LogP contribution < -0.4 is 5.32 Å². The number of nitriles is 1. The molecule has 0 amide bonds. The van der Waals surface area contributed by atoms with Crippen molar-refractivity contribution in [2.45, 2.75) is 6.42 Å². The van der Waals surface area contributed by atoms with Crippen molar-refractivity contribution in [2.24, 2.45) is 5.41 Å². The quantitative estimate of drug-likeness (QED) is 0.546. The largest absolute Gasteiger partial charge is 0.481 e. The molecular formula is C6H8N2O2. The minimum absolute atomic E-state index is 0.0451. The Kier molecular flexibility index (Phi) is 1.60. The fourth-order valence-electron chi connectivity index (χ4n) is 0.960. The molecule has 0 unspecified atom stereocenters. The number of hydrogen-bond acceptors (Lipinski definition) is 3. The van der Waals surface area contributed by atoms with Gasteiger partial charge in [-0.1, -0.05) is 0 Å². The number of aliphatic carboxylic acids is 1. The molecule has 4 heteroatoms. The molecule has 0 spiro atoms. The minimum atomic E-state index is -0.900. The van der Waals surface area contributed by atoms with Crippen LogP contribution in [0, 0.1) is 16.7 Å². The van der Waals surface area contributed by atoms with E-state index in [9.17, 15) is 4.79 Å². The first-order chi connectivity index (χ1) is 4.68. The maximum absolute atomic E-state index is 10.2. The highest BCUT2D eigenvalue weighted by Gasteiger charge is 2.39. The summed E-state index contributed by atoms with van der Waals surface area (Å²) < 4.78 is 0. The Morgan fingerprint density at radius 3 is 2.50 bits per heavy atom. The SMILES string of the molecule is N#CC1(CC(=O)O)CNC1. The third-order valence-electron chi connectivity index (χ3n) is 1.65. The second kappa shape index (κ2) is 2.27. The zero-order chi connectivity index (χ0) is 7.61. The summed E-state index contributed by atoms with van der Waals surface area (Å²) >= 11 is 0. The summed E-state index contributed by atoms with van der Waals surface area (Å²) in [6.07, 6.45) is -0.0451. The Balaban J connectivity index is 2.51. The van der Waals surface area contributed by atoms with Gasteiger partial charge in [-0.15, -0.1) is 0 Å². The van der Waals surface area contributed by atoms with Gasteiger partial charge in [0.1, 0.15) is 0 Å². The molecule has 1 fully saturated rings. The van der Waals surface area contributed by atoms with Gasteiger partial charge in [-0.05, 0) is 0 Å². The first kappa shape index (κ1) is 7.03.